The normalized spacial score (nSPS) is 25.5. The number of anilines is 3. The minimum Gasteiger partial charge on any atom is -0.384 e. The average Bonchev–Trinajstić information content (AvgIpc) is 3.42. The number of hydrogen-bond donors (Lipinski definition) is 2. The molecular formula is C18H25ClN6O5S. The number of sulfone groups is 1. The van der Waals surface area contributed by atoms with Crippen molar-refractivity contribution in [2.24, 2.45) is 13.0 Å². The number of fused-ring (bicyclic) bond motifs is 1. The number of halogens is 1. The molecule has 2 aromatic heterocycles. The van der Waals surface area contributed by atoms with E-state index in [0.717, 1.165) is 5.69 Å². The van der Waals surface area contributed by atoms with Gasteiger partial charge in [0.1, 0.15) is 11.1 Å². The van der Waals surface area contributed by atoms with Crippen LogP contribution in [0.1, 0.15) is 0 Å². The summed E-state index contributed by atoms with van der Waals surface area (Å²) in [5.41, 5.74) is 0.747. The van der Waals surface area contributed by atoms with Gasteiger partial charge >= 0.3 is 0 Å². The molecule has 2 fully saturated rings. The molecule has 4 rings (SSSR count). The Kier molecular flexibility index (Phi) is 6.63. The molecule has 2 N–H and O–H groups in total. The monoisotopic (exact) mass is 472 g/mol. The lowest BCUT2D eigenvalue weighted by molar-refractivity contribution is 0.0656. The lowest BCUT2D eigenvalue weighted by Crippen LogP contribution is -2.36. The second kappa shape index (κ2) is 9.25. The van der Waals surface area contributed by atoms with Gasteiger partial charge in [-0.15, -0.1) is 0 Å². The van der Waals surface area contributed by atoms with Crippen molar-refractivity contribution in [3.63, 3.8) is 0 Å². The third-order valence-electron chi connectivity index (χ3n) is 5.25. The predicted octanol–water partition coefficient (Wildman–Crippen LogP) is 0.863. The van der Waals surface area contributed by atoms with Crippen LogP contribution in [0.4, 0.5) is 17.5 Å². The molecular weight excluding hydrogens is 448 g/mol. The van der Waals surface area contributed by atoms with E-state index in [1.165, 1.54) is 13.3 Å². The minimum atomic E-state index is -3.24. The molecule has 11 nitrogen and oxygen atoms in total. The van der Waals surface area contributed by atoms with Crippen LogP contribution in [0.5, 0.6) is 0 Å². The summed E-state index contributed by atoms with van der Waals surface area (Å²) < 4.78 is 42.9. The highest BCUT2D eigenvalue weighted by Gasteiger charge is 2.48. The summed E-state index contributed by atoms with van der Waals surface area (Å²) in [7, 11) is 0.0525. The number of nitrogens with one attached hydrogen (secondary N) is 2. The first-order chi connectivity index (χ1) is 14.8. The molecule has 13 heteroatoms. The molecule has 0 radical (unpaired) electrons. The number of rotatable bonds is 9. The van der Waals surface area contributed by atoms with Gasteiger partial charge in [0, 0.05) is 26.3 Å². The Morgan fingerprint density at radius 1 is 1.29 bits per heavy atom. The minimum absolute atomic E-state index is 0.0116. The van der Waals surface area contributed by atoms with Gasteiger partial charge < -0.3 is 24.8 Å². The quantitative estimate of drug-likeness (QED) is 0.542. The molecule has 2 aliphatic heterocycles. The fourth-order valence-electron chi connectivity index (χ4n) is 3.78. The smallest absolute Gasteiger partial charge is 0.229 e. The summed E-state index contributed by atoms with van der Waals surface area (Å²) in [6.45, 7) is 0.858. The van der Waals surface area contributed by atoms with E-state index in [2.05, 4.69) is 25.7 Å². The summed E-state index contributed by atoms with van der Waals surface area (Å²) in [4.78, 5) is 8.63. The molecule has 2 unspecified atom stereocenters. The number of aromatic nitrogens is 4. The van der Waals surface area contributed by atoms with Gasteiger partial charge in [-0.25, -0.2) is 13.4 Å². The maximum Gasteiger partial charge on any atom is 0.229 e. The van der Waals surface area contributed by atoms with Crippen LogP contribution in [0.2, 0.25) is 5.02 Å². The Morgan fingerprint density at radius 2 is 2.10 bits per heavy atom. The fourth-order valence-corrected chi connectivity index (χ4v) is 5.46. The third-order valence-corrected chi connectivity index (χ3v) is 7.25. The topological polar surface area (TPSA) is 129 Å². The average molecular weight is 473 g/mol. The summed E-state index contributed by atoms with van der Waals surface area (Å²) in [5, 5.41) is 10.8. The predicted molar refractivity (Wildman–Crippen MR) is 114 cm³/mol. The second-order valence-electron chi connectivity index (χ2n) is 7.63. The van der Waals surface area contributed by atoms with E-state index < -0.39 is 9.84 Å². The zero-order valence-electron chi connectivity index (χ0n) is 17.2. The highest BCUT2D eigenvalue weighted by Crippen LogP contribution is 2.34. The standard InChI is InChI=1S/C18H25ClN6O5S/c1-25-7-12(5-21-25)22-18-20-6-13(19)17(24-18)23-14-9-30-15-11(8-29-16(14)15)10-31(26,27)4-3-28-2/h5-7,11,14-16H,3-4,8-10H2,1-2H3,(H2,20,22,23,24)/t11-,14-,15?,16?/m1/s1. The maximum atomic E-state index is 12.3. The van der Waals surface area contributed by atoms with Crippen molar-refractivity contribution >= 4 is 38.9 Å². The number of hydrogen-bond acceptors (Lipinski definition) is 10. The Labute approximate surface area is 185 Å². The molecule has 0 bridgehead atoms. The molecule has 31 heavy (non-hydrogen) atoms. The Hall–Kier alpha value is -1.99. The largest absolute Gasteiger partial charge is 0.384 e. The molecule has 4 heterocycles. The zero-order valence-corrected chi connectivity index (χ0v) is 18.8. The van der Waals surface area contributed by atoms with Crippen molar-refractivity contribution in [3.8, 4) is 0 Å². The molecule has 2 saturated heterocycles. The van der Waals surface area contributed by atoms with Gasteiger partial charge in [-0.2, -0.15) is 10.1 Å². The first kappa shape index (κ1) is 22.2. The Bertz CT molecular complexity index is 1020. The number of methoxy groups -OCH3 is 1. The molecule has 0 aliphatic carbocycles. The number of nitrogens with zero attached hydrogens (tertiary/aromatic N) is 4. The van der Waals surface area contributed by atoms with Crippen LogP contribution in [-0.2, 0) is 31.1 Å². The van der Waals surface area contributed by atoms with Crippen LogP contribution in [0, 0.1) is 5.92 Å². The van der Waals surface area contributed by atoms with Crippen molar-refractivity contribution in [2.45, 2.75) is 18.2 Å². The summed E-state index contributed by atoms with van der Waals surface area (Å²) in [5.74, 6) is 0.587. The van der Waals surface area contributed by atoms with E-state index in [4.69, 9.17) is 25.8 Å². The van der Waals surface area contributed by atoms with Gasteiger partial charge in [-0.05, 0) is 0 Å². The number of aryl methyl sites for hydroxylation is 1. The van der Waals surface area contributed by atoms with Crippen LogP contribution in [0.25, 0.3) is 0 Å². The third kappa shape index (κ3) is 5.26. The summed E-state index contributed by atoms with van der Waals surface area (Å²) in [6.07, 6.45) is 4.37. The lowest BCUT2D eigenvalue weighted by Gasteiger charge is -2.19. The molecule has 0 amide bonds. The number of ether oxygens (including phenoxy) is 3. The van der Waals surface area contributed by atoms with Crippen LogP contribution >= 0.6 is 11.6 Å². The van der Waals surface area contributed by atoms with Crippen LogP contribution in [0.15, 0.2) is 18.6 Å². The SMILES string of the molecule is COCCS(=O)(=O)C[C@H]1COC2C1OC[C@H]2Nc1nc(Nc2cnn(C)c2)ncc1Cl. The van der Waals surface area contributed by atoms with Gasteiger partial charge in [0.25, 0.3) is 0 Å². The first-order valence-electron chi connectivity index (χ1n) is 9.82. The van der Waals surface area contributed by atoms with E-state index in [0.29, 0.717) is 30.0 Å². The van der Waals surface area contributed by atoms with E-state index in [1.807, 2.05) is 7.05 Å². The van der Waals surface area contributed by atoms with Crippen LogP contribution in [0.3, 0.4) is 0 Å². The van der Waals surface area contributed by atoms with E-state index in [-0.39, 0.29) is 42.3 Å². The molecule has 2 aliphatic rings. The van der Waals surface area contributed by atoms with E-state index >= 15 is 0 Å². The fraction of sp³-hybridized carbons (Fsp3) is 0.611. The highest BCUT2D eigenvalue weighted by atomic mass is 35.5. The van der Waals surface area contributed by atoms with Gasteiger partial charge in [-0.1, -0.05) is 11.6 Å². The van der Waals surface area contributed by atoms with Crippen molar-refractivity contribution in [1.29, 1.82) is 0 Å². The summed E-state index contributed by atoms with van der Waals surface area (Å²) >= 11 is 6.28. The van der Waals surface area contributed by atoms with E-state index in [9.17, 15) is 8.42 Å². The molecule has 0 saturated carbocycles. The zero-order chi connectivity index (χ0) is 22.0. The molecule has 2 aromatic rings. The van der Waals surface area contributed by atoms with Gasteiger partial charge in [-0.3, -0.25) is 4.68 Å². The van der Waals surface area contributed by atoms with Crippen LogP contribution in [-0.4, -0.2) is 84.9 Å². The molecule has 0 spiro atoms. The Balaban J connectivity index is 1.40. The Morgan fingerprint density at radius 3 is 2.84 bits per heavy atom. The van der Waals surface area contributed by atoms with Crippen molar-refractivity contribution in [3.05, 3.63) is 23.6 Å². The molecule has 4 atom stereocenters. The first-order valence-corrected chi connectivity index (χ1v) is 12.0. The van der Waals surface area contributed by atoms with Gasteiger partial charge in [0.05, 0.1) is 61.6 Å². The van der Waals surface area contributed by atoms with Gasteiger partial charge in [0.15, 0.2) is 15.7 Å². The molecule has 0 aromatic carbocycles. The lowest BCUT2D eigenvalue weighted by atomic mass is 10.0. The van der Waals surface area contributed by atoms with E-state index in [1.54, 1.807) is 17.1 Å². The maximum absolute atomic E-state index is 12.3. The van der Waals surface area contributed by atoms with Gasteiger partial charge in [0.2, 0.25) is 5.95 Å². The highest BCUT2D eigenvalue weighted by molar-refractivity contribution is 7.91. The van der Waals surface area contributed by atoms with Crippen LogP contribution < -0.4 is 10.6 Å². The van der Waals surface area contributed by atoms with Crippen molar-refractivity contribution in [2.75, 3.05) is 49.1 Å². The second-order valence-corrected chi connectivity index (χ2v) is 10.3. The van der Waals surface area contributed by atoms with Crippen molar-refractivity contribution in [1.82, 2.24) is 19.7 Å². The van der Waals surface area contributed by atoms with Crippen molar-refractivity contribution < 1.29 is 22.6 Å². The summed E-state index contributed by atoms with van der Waals surface area (Å²) in [6, 6.07) is -0.213. The molecule has 170 valence electrons.